The molecule has 2 heterocycles. The molecule has 0 bridgehead atoms. The van der Waals surface area contributed by atoms with Crippen LogP contribution in [0.1, 0.15) is 26.2 Å². The molecule has 2 fully saturated rings. The first-order chi connectivity index (χ1) is 8.36. The SMILES string of the molecule is CC1(CN2CCCC(CS(N)(=O)=O)C2)CCNC1. The van der Waals surface area contributed by atoms with Gasteiger partial charge in [0.05, 0.1) is 5.75 Å². The van der Waals surface area contributed by atoms with Crippen molar-refractivity contribution in [3.8, 4) is 0 Å². The molecule has 0 amide bonds. The Bertz CT molecular complexity index is 377. The van der Waals surface area contributed by atoms with Crippen molar-refractivity contribution in [2.24, 2.45) is 16.5 Å². The Morgan fingerprint density at radius 1 is 1.50 bits per heavy atom. The quantitative estimate of drug-likeness (QED) is 0.756. The number of rotatable bonds is 4. The van der Waals surface area contributed by atoms with Crippen LogP contribution >= 0.6 is 0 Å². The molecule has 0 spiro atoms. The average molecular weight is 275 g/mol. The molecule has 0 aliphatic carbocycles. The summed E-state index contributed by atoms with van der Waals surface area (Å²) < 4.78 is 22.3. The van der Waals surface area contributed by atoms with Gasteiger partial charge in [0, 0.05) is 19.6 Å². The van der Waals surface area contributed by atoms with Gasteiger partial charge in [0.2, 0.25) is 10.0 Å². The van der Waals surface area contributed by atoms with Crippen LogP contribution in [0.25, 0.3) is 0 Å². The fraction of sp³-hybridized carbons (Fsp3) is 1.00. The van der Waals surface area contributed by atoms with Gasteiger partial charge in [0.15, 0.2) is 0 Å². The van der Waals surface area contributed by atoms with Crippen molar-refractivity contribution in [2.75, 3.05) is 38.5 Å². The number of hydrogen-bond acceptors (Lipinski definition) is 4. The van der Waals surface area contributed by atoms with E-state index in [1.54, 1.807) is 0 Å². The molecule has 18 heavy (non-hydrogen) atoms. The second kappa shape index (κ2) is 5.45. The van der Waals surface area contributed by atoms with E-state index in [1.165, 1.54) is 6.42 Å². The Balaban J connectivity index is 1.86. The molecule has 0 aromatic heterocycles. The molecular weight excluding hydrogens is 250 g/mol. The lowest BCUT2D eigenvalue weighted by molar-refractivity contribution is 0.127. The van der Waals surface area contributed by atoms with E-state index in [9.17, 15) is 8.42 Å². The molecule has 6 heteroatoms. The van der Waals surface area contributed by atoms with Gasteiger partial charge in [-0.1, -0.05) is 6.92 Å². The Hall–Kier alpha value is -0.170. The lowest BCUT2D eigenvalue weighted by atomic mass is 9.87. The van der Waals surface area contributed by atoms with Crippen LogP contribution in [0.15, 0.2) is 0 Å². The summed E-state index contributed by atoms with van der Waals surface area (Å²) in [5.41, 5.74) is 0.351. The first kappa shape index (κ1) is 14.2. The van der Waals surface area contributed by atoms with Gasteiger partial charge in [0.25, 0.3) is 0 Å². The number of sulfonamides is 1. The summed E-state index contributed by atoms with van der Waals surface area (Å²) in [6.45, 7) is 7.54. The third-order valence-corrected chi connectivity index (χ3v) is 5.07. The van der Waals surface area contributed by atoms with Crippen LogP contribution in [-0.4, -0.2) is 51.8 Å². The molecule has 0 aromatic carbocycles. The maximum absolute atomic E-state index is 11.2. The van der Waals surface area contributed by atoms with Crippen LogP contribution in [0.2, 0.25) is 0 Å². The van der Waals surface area contributed by atoms with Gasteiger partial charge in [-0.2, -0.15) is 0 Å². The molecular formula is C12H25N3O2S. The molecule has 2 atom stereocenters. The highest BCUT2D eigenvalue weighted by Gasteiger charge is 2.32. The van der Waals surface area contributed by atoms with Crippen LogP contribution in [0.4, 0.5) is 0 Å². The Morgan fingerprint density at radius 3 is 2.89 bits per heavy atom. The van der Waals surface area contributed by atoms with Crippen molar-refractivity contribution in [1.82, 2.24) is 10.2 Å². The summed E-state index contributed by atoms with van der Waals surface area (Å²) in [5, 5.41) is 8.55. The smallest absolute Gasteiger partial charge is 0.209 e. The number of likely N-dealkylation sites (tertiary alicyclic amines) is 1. The van der Waals surface area contributed by atoms with Gasteiger partial charge >= 0.3 is 0 Å². The largest absolute Gasteiger partial charge is 0.316 e. The van der Waals surface area contributed by atoms with Crippen molar-refractivity contribution in [1.29, 1.82) is 0 Å². The lowest BCUT2D eigenvalue weighted by Crippen LogP contribution is -2.44. The Morgan fingerprint density at radius 2 is 2.28 bits per heavy atom. The maximum atomic E-state index is 11.2. The van der Waals surface area contributed by atoms with E-state index in [0.29, 0.717) is 5.41 Å². The van der Waals surface area contributed by atoms with Crippen LogP contribution < -0.4 is 10.5 Å². The van der Waals surface area contributed by atoms with Gasteiger partial charge < -0.3 is 10.2 Å². The number of nitrogens with zero attached hydrogens (tertiary/aromatic N) is 1. The zero-order valence-electron chi connectivity index (χ0n) is 11.2. The summed E-state index contributed by atoms with van der Waals surface area (Å²) in [7, 11) is -3.33. The van der Waals surface area contributed by atoms with E-state index in [-0.39, 0.29) is 11.7 Å². The van der Waals surface area contributed by atoms with Crippen LogP contribution in [0.3, 0.4) is 0 Å². The first-order valence-electron chi connectivity index (χ1n) is 6.80. The predicted molar refractivity (Wildman–Crippen MR) is 72.7 cm³/mol. The van der Waals surface area contributed by atoms with Crippen LogP contribution in [0.5, 0.6) is 0 Å². The normalized spacial score (nSPS) is 34.9. The van der Waals surface area contributed by atoms with Crippen LogP contribution in [0, 0.1) is 11.3 Å². The number of hydrogen-bond donors (Lipinski definition) is 2. The third kappa shape index (κ3) is 4.19. The molecule has 3 N–H and O–H groups in total. The summed E-state index contributed by atoms with van der Waals surface area (Å²) in [6.07, 6.45) is 3.29. The van der Waals surface area contributed by atoms with E-state index in [2.05, 4.69) is 17.1 Å². The molecule has 2 aliphatic heterocycles. The molecule has 106 valence electrons. The number of primary sulfonamides is 1. The van der Waals surface area contributed by atoms with Gasteiger partial charge in [-0.3, -0.25) is 0 Å². The van der Waals surface area contributed by atoms with E-state index < -0.39 is 10.0 Å². The molecule has 2 aliphatic rings. The van der Waals surface area contributed by atoms with Crippen molar-refractivity contribution in [3.05, 3.63) is 0 Å². The summed E-state index contributed by atoms with van der Waals surface area (Å²) in [6, 6.07) is 0. The van der Waals surface area contributed by atoms with E-state index >= 15 is 0 Å². The molecule has 5 nitrogen and oxygen atoms in total. The Kier molecular flexibility index (Phi) is 4.31. The van der Waals surface area contributed by atoms with E-state index in [1.807, 2.05) is 0 Å². The summed E-state index contributed by atoms with van der Waals surface area (Å²) in [5.74, 6) is 0.352. The van der Waals surface area contributed by atoms with Gasteiger partial charge in [-0.05, 0) is 43.7 Å². The highest BCUT2D eigenvalue weighted by atomic mass is 32.2. The van der Waals surface area contributed by atoms with Crippen LogP contribution in [-0.2, 0) is 10.0 Å². The molecule has 2 saturated heterocycles. The Labute approximate surface area is 110 Å². The predicted octanol–water partition coefficient (Wildman–Crippen LogP) is -0.0135. The fourth-order valence-electron chi connectivity index (χ4n) is 3.30. The number of nitrogens with two attached hydrogens (primary N) is 1. The summed E-state index contributed by atoms with van der Waals surface area (Å²) >= 11 is 0. The van der Waals surface area contributed by atoms with E-state index in [4.69, 9.17) is 5.14 Å². The molecule has 0 aromatic rings. The van der Waals surface area contributed by atoms with Crippen molar-refractivity contribution >= 4 is 10.0 Å². The van der Waals surface area contributed by atoms with Gasteiger partial charge in [0.1, 0.15) is 0 Å². The number of nitrogens with one attached hydrogen (secondary N) is 1. The average Bonchev–Trinajstić information content (AvgIpc) is 2.62. The minimum Gasteiger partial charge on any atom is -0.316 e. The first-order valence-corrected chi connectivity index (χ1v) is 8.51. The standard InChI is InChI=1S/C12H25N3O2S/c1-12(4-5-14-9-12)10-15-6-2-3-11(7-15)8-18(13,16)17/h11,14H,2-10H2,1H3,(H2,13,16,17). The number of piperidine rings is 1. The minimum atomic E-state index is -3.33. The second-order valence-corrected chi connectivity index (χ2v) is 7.97. The third-order valence-electron chi connectivity index (χ3n) is 4.13. The minimum absolute atomic E-state index is 0.137. The van der Waals surface area contributed by atoms with Crippen molar-refractivity contribution < 1.29 is 8.42 Å². The summed E-state index contributed by atoms with van der Waals surface area (Å²) in [4.78, 5) is 2.42. The topological polar surface area (TPSA) is 75.4 Å². The second-order valence-electron chi connectivity index (χ2n) is 6.31. The molecule has 0 saturated carbocycles. The highest BCUT2D eigenvalue weighted by molar-refractivity contribution is 7.89. The fourth-order valence-corrected chi connectivity index (χ4v) is 4.23. The van der Waals surface area contributed by atoms with Gasteiger partial charge in [-0.15, -0.1) is 0 Å². The highest BCUT2D eigenvalue weighted by Crippen LogP contribution is 2.28. The zero-order valence-corrected chi connectivity index (χ0v) is 12.0. The van der Waals surface area contributed by atoms with E-state index in [0.717, 1.165) is 45.6 Å². The van der Waals surface area contributed by atoms with Crippen molar-refractivity contribution in [2.45, 2.75) is 26.2 Å². The molecule has 2 rings (SSSR count). The lowest BCUT2D eigenvalue weighted by Gasteiger charge is -2.37. The molecule has 0 radical (unpaired) electrons. The van der Waals surface area contributed by atoms with Gasteiger partial charge in [-0.25, -0.2) is 13.6 Å². The van der Waals surface area contributed by atoms with Crippen molar-refractivity contribution in [3.63, 3.8) is 0 Å². The molecule has 2 unspecified atom stereocenters. The maximum Gasteiger partial charge on any atom is 0.209 e. The zero-order chi connectivity index (χ0) is 13.2. The monoisotopic (exact) mass is 275 g/mol.